The third kappa shape index (κ3) is 3.48. The molecule has 0 aliphatic heterocycles. The van der Waals surface area contributed by atoms with Gasteiger partial charge < -0.3 is 9.84 Å². The highest BCUT2D eigenvalue weighted by molar-refractivity contribution is 5.74. The molecule has 1 N–H and O–H groups in total. The van der Waals surface area contributed by atoms with Crippen molar-refractivity contribution in [2.75, 3.05) is 0 Å². The van der Waals surface area contributed by atoms with Crippen LogP contribution in [0.5, 0.6) is 0 Å². The molecule has 0 bridgehead atoms. The van der Waals surface area contributed by atoms with E-state index in [9.17, 15) is 4.79 Å². The second-order valence-electron chi connectivity index (χ2n) is 5.48. The number of hydrogen-bond acceptors (Lipinski definition) is 3. The Kier molecular flexibility index (Phi) is 4.78. The van der Waals surface area contributed by atoms with Gasteiger partial charge in [0.25, 0.3) is 0 Å². The standard InChI is InChI=1S/C13H24O3/c1-8(2)11-6-5-9(3)7-12(11)16-13(15)10(4)14/h8-12,14H,5-7H2,1-4H3/t9-,10?,11?,12-/m1/s1. The van der Waals surface area contributed by atoms with Gasteiger partial charge in [0.15, 0.2) is 0 Å². The second kappa shape index (κ2) is 5.67. The van der Waals surface area contributed by atoms with E-state index in [1.165, 1.54) is 13.3 Å². The highest BCUT2D eigenvalue weighted by Crippen LogP contribution is 2.35. The molecule has 0 aromatic rings. The first kappa shape index (κ1) is 13.5. The molecule has 3 nitrogen and oxygen atoms in total. The molecule has 94 valence electrons. The summed E-state index contributed by atoms with van der Waals surface area (Å²) in [5.74, 6) is 1.10. The number of ether oxygens (including phenoxy) is 1. The normalized spacial score (nSPS) is 32.5. The first-order valence-corrected chi connectivity index (χ1v) is 6.30. The highest BCUT2D eigenvalue weighted by atomic mass is 16.6. The predicted octanol–water partition coefficient (Wildman–Crippen LogP) is 2.37. The van der Waals surface area contributed by atoms with Crippen molar-refractivity contribution in [3.63, 3.8) is 0 Å². The number of carbonyl (C=O) groups is 1. The molecule has 1 aliphatic rings. The van der Waals surface area contributed by atoms with Gasteiger partial charge in [-0.2, -0.15) is 0 Å². The first-order chi connectivity index (χ1) is 7.41. The molecular formula is C13H24O3. The van der Waals surface area contributed by atoms with Crippen LogP contribution in [0.15, 0.2) is 0 Å². The van der Waals surface area contributed by atoms with Crippen molar-refractivity contribution in [3.8, 4) is 0 Å². The molecule has 0 spiro atoms. The molecule has 0 heterocycles. The Balaban J connectivity index is 2.61. The van der Waals surface area contributed by atoms with E-state index in [0.29, 0.717) is 17.8 Å². The summed E-state index contributed by atoms with van der Waals surface area (Å²) in [6.07, 6.45) is 2.25. The number of aliphatic hydroxyl groups is 1. The topological polar surface area (TPSA) is 46.5 Å². The molecule has 1 fully saturated rings. The number of esters is 1. The Morgan fingerprint density at radius 2 is 1.94 bits per heavy atom. The summed E-state index contributed by atoms with van der Waals surface area (Å²) >= 11 is 0. The minimum absolute atomic E-state index is 0.00847. The van der Waals surface area contributed by atoms with Crippen LogP contribution in [-0.2, 0) is 9.53 Å². The zero-order valence-electron chi connectivity index (χ0n) is 10.8. The summed E-state index contributed by atoms with van der Waals surface area (Å²) in [5, 5.41) is 9.17. The van der Waals surface area contributed by atoms with Crippen molar-refractivity contribution in [1.82, 2.24) is 0 Å². The van der Waals surface area contributed by atoms with Crippen LogP contribution in [0.2, 0.25) is 0 Å². The van der Waals surface area contributed by atoms with Gasteiger partial charge in [0.2, 0.25) is 0 Å². The molecule has 0 aromatic carbocycles. The number of carbonyl (C=O) groups excluding carboxylic acids is 1. The molecule has 3 heteroatoms. The van der Waals surface area contributed by atoms with Crippen LogP contribution in [0.1, 0.15) is 47.0 Å². The third-order valence-electron chi connectivity index (χ3n) is 3.57. The molecule has 16 heavy (non-hydrogen) atoms. The van der Waals surface area contributed by atoms with Gasteiger partial charge in [0.1, 0.15) is 12.2 Å². The van der Waals surface area contributed by atoms with Gasteiger partial charge in [0.05, 0.1) is 0 Å². The van der Waals surface area contributed by atoms with Crippen LogP contribution < -0.4 is 0 Å². The van der Waals surface area contributed by atoms with Crippen LogP contribution >= 0.6 is 0 Å². The van der Waals surface area contributed by atoms with E-state index < -0.39 is 12.1 Å². The summed E-state index contributed by atoms with van der Waals surface area (Å²) in [6, 6.07) is 0. The summed E-state index contributed by atoms with van der Waals surface area (Å²) in [4.78, 5) is 11.4. The van der Waals surface area contributed by atoms with Crippen molar-refractivity contribution in [2.45, 2.75) is 59.2 Å². The lowest BCUT2D eigenvalue weighted by molar-refractivity contribution is -0.164. The molecule has 1 rings (SSSR count). The van der Waals surface area contributed by atoms with E-state index >= 15 is 0 Å². The smallest absolute Gasteiger partial charge is 0.334 e. The van der Waals surface area contributed by atoms with Gasteiger partial charge in [-0.25, -0.2) is 4.79 Å². The molecule has 4 atom stereocenters. The monoisotopic (exact) mass is 228 g/mol. The number of rotatable bonds is 3. The van der Waals surface area contributed by atoms with Gasteiger partial charge in [-0.15, -0.1) is 0 Å². The van der Waals surface area contributed by atoms with Crippen LogP contribution in [0.3, 0.4) is 0 Å². The molecule has 0 aromatic heterocycles. The van der Waals surface area contributed by atoms with E-state index in [4.69, 9.17) is 9.84 Å². The van der Waals surface area contributed by atoms with Crippen molar-refractivity contribution < 1.29 is 14.6 Å². The lowest BCUT2D eigenvalue weighted by Crippen LogP contribution is -2.37. The molecule has 0 amide bonds. The van der Waals surface area contributed by atoms with Crippen LogP contribution in [0.25, 0.3) is 0 Å². The summed E-state index contributed by atoms with van der Waals surface area (Å²) in [5.41, 5.74) is 0. The molecule has 1 saturated carbocycles. The summed E-state index contributed by atoms with van der Waals surface area (Å²) in [6.45, 7) is 7.99. The Morgan fingerprint density at radius 1 is 1.31 bits per heavy atom. The molecule has 0 saturated heterocycles. The fraction of sp³-hybridized carbons (Fsp3) is 0.923. The van der Waals surface area contributed by atoms with Crippen molar-refractivity contribution in [2.24, 2.45) is 17.8 Å². The van der Waals surface area contributed by atoms with Crippen LogP contribution in [-0.4, -0.2) is 23.3 Å². The van der Waals surface area contributed by atoms with Crippen molar-refractivity contribution >= 4 is 5.97 Å². The fourth-order valence-electron chi connectivity index (χ4n) is 2.50. The van der Waals surface area contributed by atoms with E-state index in [0.717, 1.165) is 12.8 Å². The zero-order valence-corrected chi connectivity index (χ0v) is 10.8. The third-order valence-corrected chi connectivity index (χ3v) is 3.57. The van der Waals surface area contributed by atoms with Gasteiger partial charge in [-0.1, -0.05) is 27.2 Å². The SMILES string of the molecule is CC(O)C(=O)O[C@@H]1C[C@H](C)CCC1C(C)C. The lowest BCUT2D eigenvalue weighted by atomic mass is 9.75. The predicted molar refractivity (Wildman–Crippen MR) is 62.9 cm³/mol. The number of aliphatic hydroxyl groups excluding tert-OH is 1. The van der Waals surface area contributed by atoms with Gasteiger partial charge in [0, 0.05) is 0 Å². The maximum Gasteiger partial charge on any atom is 0.334 e. The van der Waals surface area contributed by atoms with Crippen LogP contribution in [0.4, 0.5) is 0 Å². The maximum atomic E-state index is 11.4. The van der Waals surface area contributed by atoms with Crippen molar-refractivity contribution in [3.05, 3.63) is 0 Å². The average Bonchev–Trinajstić information content (AvgIpc) is 2.16. The first-order valence-electron chi connectivity index (χ1n) is 6.30. The number of hydrogen-bond donors (Lipinski definition) is 1. The van der Waals surface area contributed by atoms with E-state index in [-0.39, 0.29) is 6.10 Å². The zero-order chi connectivity index (χ0) is 12.3. The summed E-state index contributed by atoms with van der Waals surface area (Å²) < 4.78 is 5.41. The maximum absolute atomic E-state index is 11.4. The van der Waals surface area contributed by atoms with E-state index in [1.807, 2.05) is 0 Å². The Bertz CT molecular complexity index is 235. The minimum Gasteiger partial charge on any atom is -0.460 e. The second-order valence-corrected chi connectivity index (χ2v) is 5.48. The van der Waals surface area contributed by atoms with Crippen LogP contribution in [0, 0.1) is 17.8 Å². The molecule has 2 unspecified atom stereocenters. The Morgan fingerprint density at radius 3 is 2.44 bits per heavy atom. The molecule has 0 radical (unpaired) electrons. The Hall–Kier alpha value is -0.570. The largest absolute Gasteiger partial charge is 0.460 e. The molecule has 1 aliphatic carbocycles. The fourth-order valence-corrected chi connectivity index (χ4v) is 2.50. The van der Waals surface area contributed by atoms with Gasteiger partial charge >= 0.3 is 5.97 Å². The summed E-state index contributed by atoms with van der Waals surface area (Å²) in [7, 11) is 0. The lowest BCUT2D eigenvalue weighted by Gasteiger charge is -2.36. The van der Waals surface area contributed by atoms with E-state index in [1.54, 1.807) is 0 Å². The molecular weight excluding hydrogens is 204 g/mol. The Labute approximate surface area is 98.2 Å². The average molecular weight is 228 g/mol. The van der Waals surface area contributed by atoms with Crippen molar-refractivity contribution in [1.29, 1.82) is 0 Å². The quantitative estimate of drug-likeness (QED) is 0.754. The van der Waals surface area contributed by atoms with Gasteiger partial charge in [-0.05, 0) is 37.5 Å². The van der Waals surface area contributed by atoms with E-state index in [2.05, 4.69) is 20.8 Å². The minimum atomic E-state index is -1.01. The highest BCUT2D eigenvalue weighted by Gasteiger charge is 2.33. The van der Waals surface area contributed by atoms with Gasteiger partial charge in [-0.3, -0.25) is 0 Å².